The molecule has 0 saturated carbocycles. The molecule has 0 atom stereocenters. The summed E-state index contributed by atoms with van der Waals surface area (Å²) in [6, 6.07) is 3.81. The van der Waals surface area contributed by atoms with Crippen molar-refractivity contribution in [1.29, 1.82) is 0 Å². The third-order valence-corrected chi connectivity index (χ3v) is 1.53. The van der Waals surface area contributed by atoms with E-state index in [9.17, 15) is 4.79 Å². The molecule has 0 aliphatic heterocycles. The second kappa shape index (κ2) is 3.73. The van der Waals surface area contributed by atoms with Crippen molar-refractivity contribution in [2.24, 2.45) is 12.9 Å². The number of nitrogens with zero attached hydrogens (tertiary/aromatic N) is 1. The van der Waals surface area contributed by atoms with Gasteiger partial charge in [-0.05, 0) is 18.2 Å². The van der Waals surface area contributed by atoms with E-state index in [0.29, 0.717) is 0 Å². The molecular formula is C8H11N3O. The lowest BCUT2D eigenvalue weighted by molar-refractivity contribution is -0.116. The van der Waals surface area contributed by atoms with Gasteiger partial charge < -0.3 is 4.57 Å². The maximum Gasteiger partial charge on any atom is 0.257 e. The maximum absolute atomic E-state index is 10.7. The van der Waals surface area contributed by atoms with Gasteiger partial charge in [0.05, 0.1) is 0 Å². The summed E-state index contributed by atoms with van der Waals surface area (Å²) in [6.45, 7) is 0. The van der Waals surface area contributed by atoms with Crippen LogP contribution in [0.2, 0.25) is 0 Å². The molecule has 0 aliphatic carbocycles. The monoisotopic (exact) mass is 165 g/mol. The van der Waals surface area contributed by atoms with E-state index >= 15 is 0 Å². The zero-order valence-electron chi connectivity index (χ0n) is 6.82. The van der Waals surface area contributed by atoms with Gasteiger partial charge in [-0.25, -0.2) is 5.84 Å². The second-order valence-electron chi connectivity index (χ2n) is 2.39. The Morgan fingerprint density at radius 2 is 2.50 bits per heavy atom. The summed E-state index contributed by atoms with van der Waals surface area (Å²) >= 11 is 0. The Bertz CT molecular complexity index is 301. The quantitative estimate of drug-likeness (QED) is 0.281. The maximum atomic E-state index is 10.7. The summed E-state index contributed by atoms with van der Waals surface area (Å²) in [4.78, 5) is 10.7. The van der Waals surface area contributed by atoms with Crippen molar-refractivity contribution in [3.8, 4) is 0 Å². The van der Waals surface area contributed by atoms with Crippen LogP contribution in [0.1, 0.15) is 5.69 Å². The van der Waals surface area contributed by atoms with E-state index in [4.69, 9.17) is 5.84 Å². The minimum atomic E-state index is -0.309. The number of carbonyl (C=O) groups excluding carboxylic acids is 1. The number of amides is 1. The fourth-order valence-corrected chi connectivity index (χ4v) is 0.857. The van der Waals surface area contributed by atoms with Gasteiger partial charge >= 0.3 is 0 Å². The molecule has 64 valence electrons. The summed E-state index contributed by atoms with van der Waals surface area (Å²) in [5, 5.41) is 0. The Morgan fingerprint density at radius 1 is 1.75 bits per heavy atom. The summed E-state index contributed by atoms with van der Waals surface area (Å²) in [5.74, 6) is 4.58. The Morgan fingerprint density at radius 3 is 3.00 bits per heavy atom. The van der Waals surface area contributed by atoms with E-state index in [0.717, 1.165) is 5.69 Å². The molecule has 1 rings (SSSR count). The average Bonchev–Trinajstić information content (AvgIpc) is 2.47. The van der Waals surface area contributed by atoms with Gasteiger partial charge in [0.1, 0.15) is 0 Å². The smallest absolute Gasteiger partial charge is 0.257 e. The molecular weight excluding hydrogens is 154 g/mol. The molecule has 12 heavy (non-hydrogen) atoms. The minimum absolute atomic E-state index is 0.309. The number of aromatic nitrogens is 1. The van der Waals surface area contributed by atoms with Crippen molar-refractivity contribution in [2.45, 2.75) is 0 Å². The number of carbonyl (C=O) groups is 1. The molecule has 0 spiro atoms. The standard InChI is InChI=1S/C8H11N3O/c1-11-6-2-3-7(11)4-5-8(12)10-9/h2-6H,9H2,1H3,(H,10,12)/b5-4+. The fourth-order valence-electron chi connectivity index (χ4n) is 0.857. The van der Waals surface area contributed by atoms with Crippen molar-refractivity contribution in [3.05, 3.63) is 30.1 Å². The summed E-state index contributed by atoms with van der Waals surface area (Å²) in [7, 11) is 1.90. The molecule has 0 aromatic carbocycles. The molecule has 0 fully saturated rings. The van der Waals surface area contributed by atoms with Crippen molar-refractivity contribution in [3.63, 3.8) is 0 Å². The van der Waals surface area contributed by atoms with Crippen molar-refractivity contribution in [2.75, 3.05) is 0 Å². The van der Waals surface area contributed by atoms with Crippen molar-refractivity contribution in [1.82, 2.24) is 9.99 Å². The zero-order valence-corrected chi connectivity index (χ0v) is 6.82. The summed E-state index contributed by atoms with van der Waals surface area (Å²) < 4.78 is 1.90. The third kappa shape index (κ3) is 1.96. The lowest BCUT2D eigenvalue weighted by Crippen LogP contribution is -2.27. The molecule has 4 heteroatoms. The lowest BCUT2D eigenvalue weighted by atomic mass is 10.3. The van der Waals surface area contributed by atoms with Crippen LogP contribution in [0.3, 0.4) is 0 Å². The topological polar surface area (TPSA) is 60.0 Å². The van der Waals surface area contributed by atoms with E-state index in [1.54, 1.807) is 6.08 Å². The third-order valence-electron chi connectivity index (χ3n) is 1.53. The molecule has 1 heterocycles. The summed E-state index contributed by atoms with van der Waals surface area (Å²) in [6.07, 6.45) is 4.98. The number of hydrogen-bond acceptors (Lipinski definition) is 2. The zero-order chi connectivity index (χ0) is 8.97. The van der Waals surface area contributed by atoms with Gasteiger partial charge in [-0.15, -0.1) is 0 Å². The van der Waals surface area contributed by atoms with E-state index in [-0.39, 0.29) is 5.91 Å². The number of rotatable bonds is 2. The van der Waals surface area contributed by atoms with Crippen LogP contribution in [0.15, 0.2) is 24.4 Å². The van der Waals surface area contributed by atoms with E-state index in [2.05, 4.69) is 0 Å². The first-order chi connectivity index (χ1) is 5.74. The lowest BCUT2D eigenvalue weighted by Gasteiger charge is -1.94. The highest BCUT2D eigenvalue weighted by Gasteiger charge is 1.92. The van der Waals surface area contributed by atoms with Gasteiger partial charge in [0, 0.05) is 25.0 Å². The number of nitrogens with two attached hydrogens (primary N) is 1. The molecule has 4 nitrogen and oxygen atoms in total. The normalized spacial score (nSPS) is 10.5. The predicted octanol–water partition coefficient (Wildman–Crippen LogP) is 0.0282. The Kier molecular flexibility index (Phi) is 2.66. The first-order valence-corrected chi connectivity index (χ1v) is 3.54. The highest BCUT2D eigenvalue weighted by molar-refractivity contribution is 5.90. The molecule has 0 saturated heterocycles. The fraction of sp³-hybridized carbons (Fsp3) is 0.125. The van der Waals surface area contributed by atoms with Crippen LogP contribution in [0, 0.1) is 0 Å². The van der Waals surface area contributed by atoms with Crippen LogP contribution >= 0.6 is 0 Å². The van der Waals surface area contributed by atoms with Crippen molar-refractivity contribution >= 4 is 12.0 Å². The Labute approximate surface area is 70.6 Å². The van der Waals surface area contributed by atoms with Gasteiger partial charge in [-0.3, -0.25) is 10.2 Å². The SMILES string of the molecule is Cn1cccc1/C=C/C(=O)NN. The number of aryl methyl sites for hydroxylation is 1. The number of hydrazine groups is 1. The molecule has 1 aromatic rings. The van der Waals surface area contributed by atoms with Gasteiger partial charge in [0.15, 0.2) is 0 Å². The van der Waals surface area contributed by atoms with Gasteiger partial charge in [-0.1, -0.05) is 0 Å². The van der Waals surface area contributed by atoms with Crippen LogP contribution in [0.5, 0.6) is 0 Å². The Hall–Kier alpha value is -1.55. The number of nitrogens with one attached hydrogen (secondary N) is 1. The molecule has 0 aliphatic rings. The highest BCUT2D eigenvalue weighted by atomic mass is 16.2. The molecule has 0 bridgehead atoms. The van der Waals surface area contributed by atoms with E-state index in [1.807, 2.05) is 35.4 Å². The van der Waals surface area contributed by atoms with Crippen LogP contribution < -0.4 is 11.3 Å². The van der Waals surface area contributed by atoms with Crippen LogP contribution in [-0.4, -0.2) is 10.5 Å². The van der Waals surface area contributed by atoms with E-state index in [1.165, 1.54) is 6.08 Å². The first kappa shape index (κ1) is 8.55. The average molecular weight is 165 g/mol. The van der Waals surface area contributed by atoms with Crippen molar-refractivity contribution < 1.29 is 4.79 Å². The molecule has 0 unspecified atom stereocenters. The van der Waals surface area contributed by atoms with Crippen LogP contribution in [0.4, 0.5) is 0 Å². The molecule has 0 radical (unpaired) electrons. The number of hydrogen-bond donors (Lipinski definition) is 2. The second-order valence-corrected chi connectivity index (χ2v) is 2.39. The van der Waals surface area contributed by atoms with E-state index < -0.39 is 0 Å². The molecule has 1 amide bonds. The largest absolute Gasteiger partial charge is 0.351 e. The first-order valence-electron chi connectivity index (χ1n) is 3.54. The summed E-state index contributed by atoms with van der Waals surface area (Å²) in [5.41, 5.74) is 2.97. The Balaban J connectivity index is 2.69. The van der Waals surface area contributed by atoms with Gasteiger partial charge in [0.25, 0.3) is 5.91 Å². The molecule has 1 aromatic heterocycles. The predicted molar refractivity (Wildman–Crippen MR) is 46.8 cm³/mol. The molecule has 3 N–H and O–H groups in total. The highest BCUT2D eigenvalue weighted by Crippen LogP contribution is 2.01. The van der Waals surface area contributed by atoms with Crippen LogP contribution in [-0.2, 0) is 11.8 Å². The van der Waals surface area contributed by atoms with Crippen LogP contribution in [0.25, 0.3) is 6.08 Å². The van der Waals surface area contributed by atoms with Gasteiger partial charge in [0.2, 0.25) is 0 Å². The minimum Gasteiger partial charge on any atom is -0.351 e. The van der Waals surface area contributed by atoms with Gasteiger partial charge in [-0.2, -0.15) is 0 Å².